The third kappa shape index (κ3) is 2.28. The third-order valence-corrected chi connectivity index (χ3v) is 4.93. The van der Waals surface area contributed by atoms with E-state index in [1.165, 1.54) is 0 Å². The third-order valence-electron chi connectivity index (χ3n) is 4.93. The van der Waals surface area contributed by atoms with Gasteiger partial charge in [0.25, 0.3) is 0 Å². The zero-order valence-electron chi connectivity index (χ0n) is 13.0. The van der Waals surface area contributed by atoms with Crippen molar-refractivity contribution in [2.75, 3.05) is 17.2 Å². The summed E-state index contributed by atoms with van der Waals surface area (Å²) in [4.78, 5) is 8.71. The first-order valence-corrected chi connectivity index (χ1v) is 7.14. The number of nitrogens with one attached hydrogen (secondary N) is 2. The average Bonchev–Trinajstić information content (AvgIpc) is 2.72. The second-order valence-corrected chi connectivity index (χ2v) is 6.64. The first-order chi connectivity index (χ1) is 8.82. The van der Waals surface area contributed by atoms with E-state index >= 15 is 0 Å². The molecule has 4 nitrogen and oxygen atoms in total. The van der Waals surface area contributed by atoms with Crippen molar-refractivity contribution >= 4 is 11.6 Å². The molecule has 1 aromatic rings. The zero-order chi connectivity index (χ0) is 14.3. The minimum absolute atomic E-state index is 0.307. The SMILES string of the molecule is CCCNc1ncnc(NC2C(C)(C)C2(C)C)c1C. The Kier molecular flexibility index (Phi) is 3.45. The lowest BCUT2D eigenvalue weighted by atomic mass is 10.0. The Morgan fingerprint density at radius 3 is 2.21 bits per heavy atom. The maximum Gasteiger partial charge on any atom is 0.134 e. The summed E-state index contributed by atoms with van der Waals surface area (Å²) in [5.41, 5.74) is 1.72. The Morgan fingerprint density at radius 2 is 1.68 bits per heavy atom. The van der Waals surface area contributed by atoms with Gasteiger partial charge in [-0.2, -0.15) is 0 Å². The molecule has 1 aromatic heterocycles. The van der Waals surface area contributed by atoms with Crippen molar-refractivity contribution in [1.82, 2.24) is 9.97 Å². The zero-order valence-corrected chi connectivity index (χ0v) is 13.0. The van der Waals surface area contributed by atoms with Crippen LogP contribution in [0.1, 0.15) is 46.6 Å². The first-order valence-electron chi connectivity index (χ1n) is 7.14. The van der Waals surface area contributed by atoms with Crippen LogP contribution in [0.4, 0.5) is 11.6 Å². The van der Waals surface area contributed by atoms with Gasteiger partial charge in [0.1, 0.15) is 18.0 Å². The molecule has 0 bridgehead atoms. The van der Waals surface area contributed by atoms with Gasteiger partial charge in [-0.1, -0.05) is 34.6 Å². The Hall–Kier alpha value is -1.32. The van der Waals surface area contributed by atoms with Gasteiger partial charge in [0, 0.05) is 18.2 Å². The molecule has 0 atom stereocenters. The van der Waals surface area contributed by atoms with E-state index < -0.39 is 0 Å². The molecule has 1 saturated carbocycles. The Bertz CT molecular complexity index is 451. The summed E-state index contributed by atoms with van der Waals surface area (Å²) in [7, 11) is 0. The van der Waals surface area contributed by atoms with Gasteiger partial charge < -0.3 is 10.6 Å². The Labute approximate surface area is 116 Å². The van der Waals surface area contributed by atoms with Crippen LogP contribution in [0, 0.1) is 17.8 Å². The lowest BCUT2D eigenvalue weighted by Crippen LogP contribution is -2.14. The molecule has 0 radical (unpaired) electrons. The van der Waals surface area contributed by atoms with E-state index in [0.717, 1.165) is 30.2 Å². The summed E-state index contributed by atoms with van der Waals surface area (Å²) >= 11 is 0. The molecule has 1 fully saturated rings. The minimum atomic E-state index is 0.307. The number of nitrogens with zero attached hydrogens (tertiary/aromatic N) is 2. The predicted molar refractivity (Wildman–Crippen MR) is 80.5 cm³/mol. The van der Waals surface area contributed by atoms with Crippen LogP contribution in [0.2, 0.25) is 0 Å². The van der Waals surface area contributed by atoms with E-state index in [-0.39, 0.29) is 0 Å². The largest absolute Gasteiger partial charge is 0.370 e. The first kappa shape index (κ1) is 14.1. The van der Waals surface area contributed by atoms with Crippen LogP contribution in [-0.2, 0) is 0 Å². The average molecular weight is 262 g/mol. The van der Waals surface area contributed by atoms with Crippen molar-refractivity contribution in [2.45, 2.75) is 54.0 Å². The van der Waals surface area contributed by atoms with Crippen molar-refractivity contribution in [3.63, 3.8) is 0 Å². The molecular weight excluding hydrogens is 236 g/mol. The van der Waals surface area contributed by atoms with Crippen LogP contribution >= 0.6 is 0 Å². The number of aromatic nitrogens is 2. The highest BCUT2D eigenvalue weighted by Gasteiger charge is 2.65. The van der Waals surface area contributed by atoms with Crippen molar-refractivity contribution in [3.05, 3.63) is 11.9 Å². The second kappa shape index (κ2) is 4.66. The van der Waals surface area contributed by atoms with Gasteiger partial charge in [-0.15, -0.1) is 0 Å². The smallest absolute Gasteiger partial charge is 0.134 e. The molecule has 0 aromatic carbocycles. The van der Waals surface area contributed by atoms with E-state index in [1.807, 2.05) is 0 Å². The monoisotopic (exact) mass is 262 g/mol. The number of hydrogen-bond acceptors (Lipinski definition) is 4. The molecule has 0 amide bonds. The predicted octanol–water partition coefficient (Wildman–Crippen LogP) is 3.45. The van der Waals surface area contributed by atoms with Gasteiger partial charge in [-0.25, -0.2) is 9.97 Å². The van der Waals surface area contributed by atoms with Crippen LogP contribution in [0.3, 0.4) is 0 Å². The molecule has 1 heterocycles. The van der Waals surface area contributed by atoms with Gasteiger partial charge in [0.2, 0.25) is 0 Å². The molecule has 1 aliphatic carbocycles. The lowest BCUT2D eigenvalue weighted by molar-refractivity contribution is 0.457. The Morgan fingerprint density at radius 1 is 1.11 bits per heavy atom. The number of hydrogen-bond donors (Lipinski definition) is 2. The van der Waals surface area contributed by atoms with Crippen LogP contribution < -0.4 is 10.6 Å². The summed E-state index contributed by atoms with van der Waals surface area (Å²) in [5.74, 6) is 1.90. The summed E-state index contributed by atoms with van der Waals surface area (Å²) in [6, 6.07) is 0.465. The van der Waals surface area contributed by atoms with Gasteiger partial charge in [0.15, 0.2) is 0 Å². The van der Waals surface area contributed by atoms with Crippen LogP contribution in [0.5, 0.6) is 0 Å². The van der Waals surface area contributed by atoms with E-state index in [9.17, 15) is 0 Å². The highest BCUT2D eigenvalue weighted by molar-refractivity contribution is 5.58. The van der Waals surface area contributed by atoms with Crippen molar-refractivity contribution in [3.8, 4) is 0 Å². The van der Waals surface area contributed by atoms with E-state index in [4.69, 9.17) is 0 Å². The van der Waals surface area contributed by atoms with Gasteiger partial charge in [0.05, 0.1) is 0 Å². The molecule has 0 aliphatic heterocycles. The highest BCUT2D eigenvalue weighted by atomic mass is 15.1. The Balaban J connectivity index is 2.14. The summed E-state index contributed by atoms with van der Waals surface area (Å²) in [6.45, 7) is 14.4. The molecule has 1 aliphatic rings. The van der Waals surface area contributed by atoms with Crippen LogP contribution in [-0.4, -0.2) is 22.6 Å². The molecular formula is C15H26N4. The van der Waals surface area contributed by atoms with Crippen molar-refractivity contribution in [2.24, 2.45) is 10.8 Å². The molecule has 106 valence electrons. The molecule has 4 heteroatoms. The van der Waals surface area contributed by atoms with Gasteiger partial charge >= 0.3 is 0 Å². The number of anilines is 2. The summed E-state index contributed by atoms with van der Waals surface area (Å²) in [5, 5.41) is 6.94. The van der Waals surface area contributed by atoms with Crippen LogP contribution in [0.25, 0.3) is 0 Å². The standard InChI is InChI=1S/C15H26N4/c1-7-8-16-11-10(2)12(18-9-17-11)19-13-14(3,4)15(13,5)6/h9,13H,7-8H2,1-6H3,(H2,16,17,18,19). The fraction of sp³-hybridized carbons (Fsp3) is 0.733. The molecule has 2 rings (SSSR count). The van der Waals surface area contributed by atoms with E-state index in [0.29, 0.717) is 16.9 Å². The van der Waals surface area contributed by atoms with Gasteiger partial charge in [-0.3, -0.25) is 0 Å². The topological polar surface area (TPSA) is 49.8 Å². The molecule has 0 saturated heterocycles. The quantitative estimate of drug-likeness (QED) is 0.853. The fourth-order valence-corrected chi connectivity index (χ4v) is 2.71. The van der Waals surface area contributed by atoms with Crippen molar-refractivity contribution in [1.29, 1.82) is 0 Å². The van der Waals surface area contributed by atoms with E-state index in [2.05, 4.69) is 62.1 Å². The molecule has 0 spiro atoms. The lowest BCUT2D eigenvalue weighted by Gasteiger charge is -2.13. The normalized spacial score (nSPS) is 20.1. The number of rotatable bonds is 5. The maximum atomic E-state index is 4.40. The second-order valence-electron chi connectivity index (χ2n) is 6.64. The minimum Gasteiger partial charge on any atom is -0.370 e. The molecule has 19 heavy (non-hydrogen) atoms. The molecule has 0 unspecified atom stereocenters. The highest BCUT2D eigenvalue weighted by Crippen LogP contribution is 2.63. The summed E-state index contributed by atoms with van der Waals surface area (Å²) in [6.07, 6.45) is 2.73. The molecule has 2 N–H and O–H groups in total. The van der Waals surface area contributed by atoms with E-state index in [1.54, 1.807) is 6.33 Å². The fourth-order valence-electron chi connectivity index (χ4n) is 2.71. The van der Waals surface area contributed by atoms with Crippen LogP contribution in [0.15, 0.2) is 6.33 Å². The van der Waals surface area contributed by atoms with Gasteiger partial charge in [-0.05, 0) is 24.2 Å². The van der Waals surface area contributed by atoms with Crippen molar-refractivity contribution < 1.29 is 0 Å². The summed E-state index contributed by atoms with van der Waals surface area (Å²) < 4.78 is 0. The maximum absolute atomic E-state index is 4.40.